The summed E-state index contributed by atoms with van der Waals surface area (Å²) in [6.07, 6.45) is 0.964. The molecule has 0 saturated heterocycles. The van der Waals surface area contributed by atoms with Gasteiger partial charge in [0.05, 0.1) is 0 Å². The molecule has 0 fully saturated rings. The van der Waals surface area contributed by atoms with Gasteiger partial charge in [0.25, 0.3) is 0 Å². The largest absolute Gasteiger partial charge is 0.313 e. The van der Waals surface area contributed by atoms with Crippen LogP contribution in [-0.4, -0.2) is 7.05 Å². The molecule has 112 valence electrons. The highest BCUT2D eigenvalue weighted by Crippen LogP contribution is 2.27. The predicted octanol–water partition coefficient (Wildman–Crippen LogP) is 5.57. The first-order valence-electron chi connectivity index (χ1n) is 7.22. The van der Waals surface area contributed by atoms with Crippen LogP contribution >= 0.6 is 34.2 Å². The van der Waals surface area contributed by atoms with Crippen molar-refractivity contribution in [3.63, 3.8) is 0 Å². The Hall–Kier alpha value is -0.580. The Morgan fingerprint density at radius 1 is 1.10 bits per heavy atom. The molecule has 1 N–H and O–H groups in total. The van der Waals surface area contributed by atoms with Gasteiger partial charge in [0.2, 0.25) is 0 Å². The number of rotatable bonds is 5. The number of hydrogen-bond acceptors (Lipinski definition) is 1. The normalized spacial score (nSPS) is 12.7. The van der Waals surface area contributed by atoms with Crippen LogP contribution in [0, 0.1) is 3.57 Å². The van der Waals surface area contributed by atoms with Gasteiger partial charge in [-0.05, 0) is 76.9 Å². The molecule has 2 rings (SSSR count). The molecule has 0 radical (unpaired) electrons. The Kier molecular flexibility index (Phi) is 6.08. The minimum Gasteiger partial charge on any atom is -0.313 e. The first-order chi connectivity index (χ1) is 10.0. The zero-order valence-electron chi connectivity index (χ0n) is 12.7. The van der Waals surface area contributed by atoms with Crippen LogP contribution in [0.2, 0.25) is 5.02 Å². The van der Waals surface area contributed by atoms with E-state index in [0.717, 1.165) is 11.4 Å². The third kappa shape index (κ3) is 4.44. The average molecular weight is 414 g/mol. The molecular formula is C18H21ClIN. The van der Waals surface area contributed by atoms with E-state index in [1.165, 1.54) is 20.3 Å². The molecule has 1 nitrogen and oxygen atoms in total. The van der Waals surface area contributed by atoms with Crippen LogP contribution in [0.5, 0.6) is 0 Å². The van der Waals surface area contributed by atoms with E-state index in [1.807, 2.05) is 13.1 Å². The Morgan fingerprint density at radius 2 is 1.76 bits per heavy atom. The summed E-state index contributed by atoms with van der Waals surface area (Å²) in [6, 6.07) is 15.3. The van der Waals surface area contributed by atoms with Crippen LogP contribution < -0.4 is 5.32 Å². The third-order valence-corrected chi connectivity index (χ3v) is 4.99. The van der Waals surface area contributed by atoms with E-state index in [0.29, 0.717) is 5.92 Å². The fourth-order valence-electron chi connectivity index (χ4n) is 2.42. The maximum Gasteiger partial charge on any atom is 0.0410 e. The number of nitrogens with one attached hydrogen (secondary N) is 1. The summed E-state index contributed by atoms with van der Waals surface area (Å²) >= 11 is 8.52. The van der Waals surface area contributed by atoms with Gasteiger partial charge >= 0.3 is 0 Å². The molecule has 2 aromatic carbocycles. The standard InChI is InChI=1S/C18H21ClIN/c1-12(2)14-6-4-13(5-7-14)10-18(21-3)16-11-15(19)8-9-17(16)20/h4-9,11-12,18,21H,10H2,1-3H3. The van der Waals surface area contributed by atoms with Gasteiger partial charge in [-0.3, -0.25) is 0 Å². The lowest BCUT2D eigenvalue weighted by molar-refractivity contribution is 0.589. The summed E-state index contributed by atoms with van der Waals surface area (Å²) < 4.78 is 1.25. The van der Waals surface area contributed by atoms with Crippen molar-refractivity contribution in [1.29, 1.82) is 0 Å². The number of likely N-dealkylation sites (N-methyl/N-ethyl adjacent to an activating group) is 1. The minimum atomic E-state index is 0.278. The highest BCUT2D eigenvalue weighted by Gasteiger charge is 2.14. The van der Waals surface area contributed by atoms with Crippen molar-refractivity contribution < 1.29 is 0 Å². The van der Waals surface area contributed by atoms with E-state index in [-0.39, 0.29) is 6.04 Å². The molecule has 0 amide bonds. The predicted molar refractivity (Wildman–Crippen MR) is 100 cm³/mol. The van der Waals surface area contributed by atoms with E-state index in [4.69, 9.17) is 11.6 Å². The molecule has 0 bridgehead atoms. The lowest BCUT2D eigenvalue weighted by Gasteiger charge is -2.19. The summed E-state index contributed by atoms with van der Waals surface area (Å²) in [5.41, 5.74) is 3.99. The Balaban J connectivity index is 2.20. The van der Waals surface area contributed by atoms with E-state index < -0.39 is 0 Å². The average Bonchev–Trinajstić information content (AvgIpc) is 2.48. The summed E-state index contributed by atoms with van der Waals surface area (Å²) in [4.78, 5) is 0. The SMILES string of the molecule is CNC(Cc1ccc(C(C)C)cc1)c1cc(Cl)ccc1I. The second-order valence-electron chi connectivity index (χ2n) is 5.61. The minimum absolute atomic E-state index is 0.278. The van der Waals surface area contributed by atoms with Gasteiger partial charge in [-0.25, -0.2) is 0 Å². The van der Waals surface area contributed by atoms with Crippen LogP contribution in [0.25, 0.3) is 0 Å². The molecule has 0 aliphatic heterocycles. The van der Waals surface area contributed by atoms with E-state index in [2.05, 4.69) is 78.2 Å². The van der Waals surface area contributed by atoms with Gasteiger partial charge < -0.3 is 5.32 Å². The molecule has 1 unspecified atom stereocenters. The van der Waals surface area contributed by atoms with Crippen molar-refractivity contribution in [3.8, 4) is 0 Å². The topological polar surface area (TPSA) is 12.0 Å². The maximum atomic E-state index is 6.15. The van der Waals surface area contributed by atoms with Crippen molar-refractivity contribution in [3.05, 3.63) is 67.7 Å². The van der Waals surface area contributed by atoms with Crippen LogP contribution in [-0.2, 0) is 6.42 Å². The molecule has 0 aliphatic carbocycles. The first kappa shape index (κ1) is 16.8. The molecule has 0 heterocycles. The second kappa shape index (κ2) is 7.61. The van der Waals surface area contributed by atoms with Gasteiger partial charge in [0.15, 0.2) is 0 Å². The van der Waals surface area contributed by atoms with E-state index in [9.17, 15) is 0 Å². The molecule has 3 heteroatoms. The molecule has 2 aromatic rings. The van der Waals surface area contributed by atoms with E-state index in [1.54, 1.807) is 0 Å². The summed E-state index contributed by atoms with van der Waals surface area (Å²) in [5.74, 6) is 0.577. The Bertz CT molecular complexity index is 593. The van der Waals surface area contributed by atoms with E-state index >= 15 is 0 Å². The second-order valence-corrected chi connectivity index (χ2v) is 7.21. The zero-order valence-corrected chi connectivity index (χ0v) is 15.6. The molecule has 0 saturated carbocycles. The molecule has 0 aliphatic rings. The highest BCUT2D eigenvalue weighted by molar-refractivity contribution is 14.1. The van der Waals surface area contributed by atoms with Crippen molar-refractivity contribution in [1.82, 2.24) is 5.32 Å². The number of halogens is 2. The smallest absolute Gasteiger partial charge is 0.0410 e. The summed E-state index contributed by atoms with van der Waals surface area (Å²) in [6.45, 7) is 4.44. The third-order valence-electron chi connectivity index (χ3n) is 3.77. The van der Waals surface area contributed by atoms with Crippen LogP contribution in [0.4, 0.5) is 0 Å². The van der Waals surface area contributed by atoms with Crippen molar-refractivity contribution in [2.45, 2.75) is 32.2 Å². The first-order valence-corrected chi connectivity index (χ1v) is 8.68. The number of hydrogen-bond donors (Lipinski definition) is 1. The van der Waals surface area contributed by atoms with Gasteiger partial charge in [0.1, 0.15) is 0 Å². The fourth-order valence-corrected chi connectivity index (χ4v) is 3.32. The monoisotopic (exact) mass is 413 g/mol. The summed E-state index contributed by atoms with van der Waals surface area (Å²) in [7, 11) is 2.00. The van der Waals surface area contributed by atoms with Gasteiger partial charge in [0, 0.05) is 14.6 Å². The fraction of sp³-hybridized carbons (Fsp3) is 0.333. The Labute approximate surface area is 146 Å². The van der Waals surface area contributed by atoms with Crippen molar-refractivity contribution >= 4 is 34.2 Å². The molecule has 1 atom stereocenters. The molecule has 0 spiro atoms. The number of benzene rings is 2. The summed E-state index contributed by atoms with van der Waals surface area (Å²) in [5, 5.41) is 4.20. The van der Waals surface area contributed by atoms with Gasteiger partial charge in [-0.2, -0.15) is 0 Å². The van der Waals surface area contributed by atoms with Crippen LogP contribution in [0.15, 0.2) is 42.5 Å². The van der Waals surface area contributed by atoms with Gasteiger partial charge in [-0.1, -0.05) is 49.7 Å². The molecule has 21 heavy (non-hydrogen) atoms. The highest BCUT2D eigenvalue weighted by atomic mass is 127. The van der Waals surface area contributed by atoms with Crippen LogP contribution in [0.1, 0.15) is 42.5 Å². The lowest BCUT2D eigenvalue weighted by Crippen LogP contribution is -2.20. The zero-order chi connectivity index (χ0) is 15.4. The molecular weight excluding hydrogens is 393 g/mol. The van der Waals surface area contributed by atoms with Crippen molar-refractivity contribution in [2.24, 2.45) is 0 Å². The lowest BCUT2D eigenvalue weighted by atomic mass is 9.96. The molecule has 0 aromatic heterocycles. The van der Waals surface area contributed by atoms with Crippen molar-refractivity contribution in [2.75, 3.05) is 7.05 Å². The maximum absolute atomic E-state index is 6.15. The quantitative estimate of drug-likeness (QED) is 0.632. The van der Waals surface area contributed by atoms with Gasteiger partial charge in [-0.15, -0.1) is 0 Å². The van der Waals surface area contributed by atoms with Crippen LogP contribution in [0.3, 0.4) is 0 Å². The Morgan fingerprint density at radius 3 is 2.33 bits per heavy atom.